The second-order valence-corrected chi connectivity index (χ2v) is 12.8. The van der Waals surface area contributed by atoms with Crippen LogP contribution in [0, 0.1) is 0 Å². The highest BCUT2D eigenvalue weighted by Gasteiger charge is 2.67. The standard InChI is InChI=1S/C14H26O6Si/c1-13(2,3)21(5,6)20-9-8-7(15)10-14(4,16)11(9)19-12(17-8)18-10/h7-12,15-16H,1-6H3/t7-,8-,9-,10+,11-,12?,14-/m0/s1. The lowest BCUT2D eigenvalue weighted by molar-refractivity contribution is -0.496. The molecule has 0 aromatic carbocycles. The second-order valence-electron chi connectivity index (χ2n) is 8.06. The van der Waals surface area contributed by atoms with Crippen LogP contribution < -0.4 is 0 Å². The van der Waals surface area contributed by atoms with Crippen molar-refractivity contribution in [2.24, 2.45) is 0 Å². The molecular weight excluding hydrogens is 292 g/mol. The summed E-state index contributed by atoms with van der Waals surface area (Å²) < 4.78 is 23.0. The fourth-order valence-electron chi connectivity index (χ4n) is 3.08. The van der Waals surface area contributed by atoms with E-state index in [1.807, 2.05) is 0 Å². The Morgan fingerprint density at radius 3 is 2.24 bits per heavy atom. The normalized spacial score (nSPS) is 49.7. The number of hydrogen-bond donors (Lipinski definition) is 2. The lowest BCUT2D eigenvalue weighted by atomic mass is 9.74. The van der Waals surface area contributed by atoms with Crippen LogP contribution in [0.15, 0.2) is 0 Å². The predicted octanol–water partition coefficient (Wildman–Crippen LogP) is 0.969. The highest BCUT2D eigenvalue weighted by molar-refractivity contribution is 6.74. The van der Waals surface area contributed by atoms with Gasteiger partial charge in [-0.1, -0.05) is 20.8 Å². The van der Waals surface area contributed by atoms with Crippen molar-refractivity contribution in [3.8, 4) is 0 Å². The highest BCUT2D eigenvalue weighted by atomic mass is 28.4. The molecule has 7 heteroatoms. The van der Waals surface area contributed by atoms with Gasteiger partial charge in [0.15, 0.2) is 8.32 Å². The molecule has 7 atom stereocenters. The molecule has 4 aliphatic rings. The molecule has 122 valence electrons. The van der Waals surface area contributed by atoms with E-state index >= 15 is 0 Å². The van der Waals surface area contributed by atoms with E-state index in [2.05, 4.69) is 33.9 Å². The zero-order valence-electron chi connectivity index (χ0n) is 13.5. The molecule has 0 aromatic heterocycles. The van der Waals surface area contributed by atoms with Gasteiger partial charge in [0.05, 0.1) is 0 Å². The van der Waals surface area contributed by atoms with Crippen LogP contribution in [0.1, 0.15) is 27.7 Å². The summed E-state index contributed by atoms with van der Waals surface area (Å²) in [4.78, 5) is 0. The smallest absolute Gasteiger partial charge is 0.273 e. The summed E-state index contributed by atoms with van der Waals surface area (Å²) in [6.45, 7) is 11.5. The third-order valence-electron chi connectivity index (χ3n) is 5.44. The Bertz CT molecular complexity index is 432. The molecule has 2 N–H and O–H groups in total. The molecule has 3 heterocycles. The van der Waals surface area contributed by atoms with E-state index in [-0.39, 0.29) is 5.04 Å². The maximum Gasteiger partial charge on any atom is 0.273 e. The van der Waals surface area contributed by atoms with Crippen molar-refractivity contribution in [2.75, 3.05) is 0 Å². The van der Waals surface area contributed by atoms with E-state index in [1.165, 1.54) is 0 Å². The Hall–Kier alpha value is -0.0231. The molecule has 1 saturated carbocycles. The van der Waals surface area contributed by atoms with E-state index in [1.54, 1.807) is 6.92 Å². The molecule has 0 spiro atoms. The average Bonchev–Trinajstić information content (AvgIpc) is 2.32. The van der Waals surface area contributed by atoms with Crippen molar-refractivity contribution >= 4 is 8.32 Å². The molecule has 1 unspecified atom stereocenters. The van der Waals surface area contributed by atoms with Crippen LogP contribution in [0.2, 0.25) is 18.1 Å². The Kier molecular flexibility index (Phi) is 3.40. The summed E-state index contributed by atoms with van der Waals surface area (Å²) in [5, 5.41) is 21.1. The van der Waals surface area contributed by atoms with Crippen LogP contribution in [0.25, 0.3) is 0 Å². The van der Waals surface area contributed by atoms with Gasteiger partial charge in [-0.3, -0.25) is 0 Å². The summed E-state index contributed by atoms with van der Waals surface area (Å²) >= 11 is 0. The number of aliphatic hydroxyl groups is 2. The van der Waals surface area contributed by atoms with Gasteiger partial charge in [0, 0.05) is 0 Å². The lowest BCUT2D eigenvalue weighted by Gasteiger charge is -2.62. The monoisotopic (exact) mass is 318 g/mol. The zero-order valence-corrected chi connectivity index (χ0v) is 14.5. The largest absolute Gasteiger partial charge is 0.408 e. The first-order chi connectivity index (χ1) is 9.45. The van der Waals surface area contributed by atoms with Gasteiger partial charge in [0.1, 0.15) is 36.1 Å². The Labute approximate surface area is 126 Å². The molecular formula is C14H26O6Si. The summed E-state index contributed by atoms with van der Waals surface area (Å²) in [7, 11) is -2.08. The van der Waals surface area contributed by atoms with Crippen molar-refractivity contribution in [3.63, 3.8) is 0 Å². The van der Waals surface area contributed by atoms with Crippen LogP contribution in [-0.2, 0) is 18.6 Å². The lowest BCUT2D eigenvalue weighted by Crippen LogP contribution is -2.80. The maximum absolute atomic E-state index is 10.7. The highest BCUT2D eigenvalue weighted by Crippen LogP contribution is 2.48. The SMILES string of the molecule is CC(C)(C)[Si](C)(C)O[C@H]1[C@H]2OC3O[C@H]([C@H]2O)[C@](C)(O)[C@H]1O3. The van der Waals surface area contributed by atoms with Gasteiger partial charge in [-0.15, -0.1) is 0 Å². The van der Waals surface area contributed by atoms with Gasteiger partial charge in [-0.2, -0.15) is 0 Å². The third kappa shape index (κ3) is 2.22. The molecule has 21 heavy (non-hydrogen) atoms. The summed E-state index contributed by atoms with van der Waals surface area (Å²) in [5.74, 6) is 0. The van der Waals surface area contributed by atoms with Gasteiger partial charge in [0.2, 0.25) is 0 Å². The molecule has 0 aromatic rings. The van der Waals surface area contributed by atoms with E-state index in [9.17, 15) is 10.2 Å². The van der Waals surface area contributed by atoms with Gasteiger partial charge in [-0.25, -0.2) is 0 Å². The molecule has 0 radical (unpaired) electrons. The first-order valence-corrected chi connectivity index (χ1v) is 10.4. The molecule has 4 rings (SSSR count). The molecule has 0 amide bonds. The summed E-state index contributed by atoms with van der Waals surface area (Å²) in [6.07, 6.45) is -3.14. The molecule has 4 bridgehead atoms. The van der Waals surface area contributed by atoms with Gasteiger partial charge in [0.25, 0.3) is 6.48 Å². The molecule has 3 saturated heterocycles. The molecule has 6 nitrogen and oxygen atoms in total. The quantitative estimate of drug-likeness (QED) is 0.739. The zero-order chi connectivity index (χ0) is 15.8. The van der Waals surface area contributed by atoms with Gasteiger partial charge in [-0.05, 0) is 25.1 Å². The third-order valence-corrected chi connectivity index (χ3v) is 9.92. The van der Waals surface area contributed by atoms with E-state index in [4.69, 9.17) is 18.6 Å². The number of rotatable bonds is 2. The Morgan fingerprint density at radius 1 is 1.10 bits per heavy atom. The fraction of sp³-hybridized carbons (Fsp3) is 1.00. The molecule has 1 aliphatic carbocycles. The minimum absolute atomic E-state index is 0.0228. The average molecular weight is 318 g/mol. The number of hydrogen-bond acceptors (Lipinski definition) is 6. The van der Waals surface area contributed by atoms with E-state index < -0.39 is 50.9 Å². The van der Waals surface area contributed by atoms with Crippen molar-refractivity contribution in [2.45, 2.75) is 88.4 Å². The van der Waals surface area contributed by atoms with E-state index in [0.29, 0.717) is 0 Å². The van der Waals surface area contributed by atoms with Crippen LogP contribution in [-0.4, -0.2) is 61.1 Å². The van der Waals surface area contributed by atoms with Crippen molar-refractivity contribution in [1.29, 1.82) is 0 Å². The van der Waals surface area contributed by atoms with Crippen molar-refractivity contribution in [1.82, 2.24) is 0 Å². The maximum atomic E-state index is 10.7. The Morgan fingerprint density at radius 2 is 1.67 bits per heavy atom. The molecule has 4 fully saturated rings. The van der Waals surface area contributed by atoms with Crippen LogP contribution in [0.5, 0.6) is 0 Å². The van der Waals surface area contributed by atoms with Crippen LogP contribution >= 0.6 is 0 Å². The minimum atomic E-state index is -2.08. The summed E-state index contributed by atoms with van der Waals surface area (Å²) in [5.41, 5.74) is -1.29. The van der Waals surface area contributed by atoms with Crippen molar-refractivity contribution in [3.05, 3.63) is 0 Å². The topological polar surface area (TPSA) is 77.4 Å². The van der Waals surface area contributed by atoms with E-state index in [0.717, 1.165) is 0 Å². The van der Waals surface area contributed by atoms with Gasteiger partial charge < -0.3 is 28.8 Å². The van der Waals surface area contributed by atoms with Crippen molar-refractivity contribution < 1.29 is 28.8 Å². The van der Waals surface area contributed by atoms with Gasteiger partial charge >= 0.3 is 0 Å². The van der Waals surface area contributed by atoms with Crippen LogP contribution in [0.3, 0.4) is 0 Å². The minimum Gasteiger partial charge on any atom is -0.408 e. The first kappa shape index (κ1) is 15.9. The summed E-state index contributed by atoms with van der Waals surface area (Å²) in [6, 6.07) is 0. The molecule has 3 aliphatic heterocycles. The fourth-order valence-corrected chi connectivity index (χ4v) is 4.37. The Balaban J connectivity index is 1.89. The number of ether oxygens (including phenoxy) is 3. The first-order valence-electron chi connectivity index (χ1n) is 7.50. The second kappa shape index (κ2) is 4.50. The number of aliphatic hydroxyl groups excluding tert-OH is 1. The van der Waals surface area contributed by atoms with Crippen LogP contribution in [0.4, 0.5) is 0 Å². The predicted molar refractivity (Wildman–Crippen MR) is 77.1 cm³/mol.